The second-order valence-corrected chi connectivity index (χ2v) is 6.52. The first-order valence-electron chi connectivity index (χ1n) is 8.42. The molecule has 1 aromatic rings. The normalized spacial score (nSPS) is 23.3. The van der Waals surface area contributed by atoms with E-state index in [1.807, 2.05) is 6.07 Å². The molecule has 0 aliphatic heterocycles. The van der Waals surface area contributed by atoms with Gasteiger partial charge in [-0.25, -0.2) is 4.79 Å². The molecule has 1 atom stereocenters. The molecular formula is C19H24O4. The van der Waals surface area contributed by atoms with Crippen LogP contribution in [0.3, 0.4) is 0 Å². The first kappa shape index (κ1) is 15.9. The van der Waals surface area contributed by atoms with Crippen molar-refractivity contribution in [2.75, 3.05) is 7.11 Å². The minimum Gasteiger partial charge on any atom is -0.493 e. The maximum atomic E-state index is 10.8. The fourth-order valence-electron chi connectivity index (χ4n) is 3.70. The second-order valence-electron chi connectivity index (χ2n) is 6.52. The molecule has 0 amide bonds. The van der Waals surface area contributed by atoms with E-state index < -0.39 is 5.97 Å². The Morgan fingerprint density at radius 1 is 1.22 bits per heavy atom. The van der Waals surface area contributed by atoms with Gasteiger partial charge in [0, 0.05) is 6.08 Å². The van der Waals surface area contributed by atoms with Crippen LogP contribution in [0.15, 0.2) is 29.8 Å². The number of methoxy groups -OCH3 is 1. The molecule has 0 spiro atoms. The van der Waals surface area contributed by atoms with Gasteiger partial charge in [-0.2, -0.15) is 0 Å². The minimum atomic E-state index is -0.847. The third kappa shape index (κ3) is 3.87. The van der Waals surface area contributed by atoms with E-state index >= 15 is 0 Å². The Balaban J connectivity index is 1.76. The summed E-state index contributed by atoms with van der Waals surface area (Å²) in [4.78, 5) is 10.8. The van der Waals surface area contributed by atoms with Crippen LogP contribution < -0.4 is 9.47 Å². The summed E-state index contributed by atoms with van der Waals surface area (Å²) in [5.74, 6) is 1.13. The Morgan fingerprint density at radius 2 is 2.00 bits per heavy atom. The van der Waals surface area contributed by atoms with Crippen LogP contribution in [-0.4, -0.2) is 24.3 Å². The van der Waals surface area contributed by atoms with Crippen molar-refractivity contribution in [3.05, 3.63) is 35.4 Å². The summed E-state index contributed by atoms with van der Waals surface area (Å²) in [6.07, 6.45) is 9.03. The van der Waals surface area contributed by atoms with Gasteiger partial charge >= 0.3 is 5.97 Å². The van der Waals surface area contributed by atoms with E-state index in [-0.39, 0.29) is 0 Å². The van der Waals surface area contributed by atoms with Crippen LogP contribution in [0.25, 0.3) is 0 Å². The molecule has 1 unspecified atom stereocenters. The van der Waals surface area contributed by atoms with Crippen molar-refractivity contribution in [2.45, 2.75) is 57.0 Å². The van der Waals surface area contributed by atoms with Gasteiger partial charge in [0.1, 0.15) is 0 Å². The Bertz CT molecular complexity index is 599. The van der Waals surface area contributed by atoms with Crippen LogP contribution in [0.4, 0.5) is 0 Å². The second kappa shape index (κ2) is 7.07. The molecule has 0 heterocycles. The molecule has 0 aromatic heterocycles. The highest BCUT2D eigenvalue weighted by molar-refractivity contribution is 5.80. The van der Waals surface area contributed by atoms with Crippen molar-refractivity contribution < 1.29 is 19.4 Å². The summed E-state index contributed by atoms with van der Waals surface area (Å²) in [7, 11) is 1.67. The SMILES string of the molecule is COc1ccc(C2CC/C(=C\C(=O)O)C2)cc1OC1CCCC1. The van der Waals surface area contributed by atoms with Gasteiger partial charge in [-0.1, -0.05) is 11.6 Å². The van der Waals surface area contributed by atoms with Gasteiger partial charge in [0.15, 0.2) is 11.5 Å². The molecule has 23 heavy (non-hydrogen) atoms. The van der Waals surface area contributed by atoms with Crippen LogP contribution in [0, 0.1) is 0 Å². The Morgan fingerprint density at radius 3 is 2.70 bits per heavy atom. The largest absolute Gasteiger partial charge is 0.493 e. The first-order valence-corrected chi connectivity index (χ1v) is 8.42. The zero-order valence-corrected chi connectivity index (χ0v) is 13.6. The van der Waals surface area contributed by atoms with Crippen molar-refractivity contribution in [2.24, 2.45) is 0 Å². The molecule has 124 valence electrons. The molecule has 0 radical (unpaired) electrons. The molecule has 1 aromatic carbocycles. The van der Waals surface area contributed by atoms with Crippen molar-refractivity contribution in [3.8, 4) is 11.5 Å². The lowest BCUT2D eigenvalue weighted by Gasteiger charge is -2.18. The molecule has 2 saturated carbocycles. The smallest absolute Gasteiger partial charge is 0.328 e. The van der Waals surface area contributed by atoms with Crippen LogP contribution in [0.2, 0.25) is 0 Å². The standard InChI is InChI=1S/C19H24O4/c1-22-17-9-8-15(12-18(17)23-16-4-2-3-5-16)14-7-6-13(10-14)11-19(20)21/h8-9,11-12,14,16H,2-7,10H2,1H3,(H,20,21)/b13-11+. The molecule has 0 saturated heterocycles. The number of allylic oxidation sites excluding steroid dienone is 1. The molecule has 4 heteroatoms. The zero-order valence-electron chi connectivity index (χ0n) is 13.6. The average molecular weight is 316 g/mol. The van der Waals surface area contributed by atoms with Gasteiger partial charge in [0.05, 0.1) is 13.2 Å². The van der Waals surface area contributed by atoms with Crippen molar-refractivity contribution in [1.29, 1.82) is 0 Å². The number of carboxylic acid groups (broad SMARTS) is 1. The number of carbonyl (C=O) groups is 1. The minimum absolute atomic E-state index is 0.296. The Kier molecular flexibility index (Phi) is 4.89. The summed E-state index contributed by atoms with van der Waals surface area (Å²) in [6.45, 7) is 0. The molecule has 0 bridgehead atoms. The summed E-state index contributed by atoms with van der Waals surface area (Å²) in [6, 6.07) is 6.14. The van der Waals surface area contributed by atoms with Crippen LogP contribution in [0.5, 0.6) is 11.5 Å². The summed E-state index contributed by atoms with van der Waals surface area (Å²) in [5, 5.41) is 8.89. The highest BCUT2D eigenvalue weighted by Gasteiger charge is 2.24. The molecule has 2 aliphatic rings. The first-order chi connectivity index (χ1) is 11.2. The van der Waals surface area contributed by atoms with E-state index in [4.69, 9.17) is 14.6 Å². The molecule has 1 N–H and O–H groups in total. The fourth-order valence-corrected chi connectivity index (χ4v) is 3.70. The number of hydrogen-bond acceptors (Lipinski definition) is 3. The highest BCUT2D eigenvalue weighted by Crippen LogP contribution is 2.41. The van der Waals surface area contributed by atoms with Crippen LogP contribution in [-0.2, 0) is 4.79 Å². The third-order valence-electron chi connectivity index (χ3n) is 4.91. The molecule has 4 nitrogen and oxygen atoms in total. The van der Waals surface area contributed by atoms with E-state index in [0.29, 0.717) is 12.0 Å². The monoisotopic (exact) mass is 316 g/mol. The Labute approximate surface area is 137 Å². The summed E-state index contributed by atoms with van der Waals surface area (Å²) in [5.41, 5.74) is 2.24. The number of carboxylic acids is 1. The topological polar surface area (TPSA) is 55.8 Å². The van der Waals surface area contributed by atoms with E-state index in [1.165, 1.54) is 24.5 Å². The molecule has 2 aliphatic carbocycles. The predicted molar refractivity (Wildman–Crippen MR) is 88.2 cm³/mol. The van der Waals surface area contributed by atoms with Gasteiger partial charge in [0.25, 0.3) is 0 Å². The quantitative estimate of drug-likeness (QED) is 0.823. The number of benzene rings is 1. The molecule has 3 rings (SSSR count). The van der Waals surface area contributed by atoms with Crippen molar-refractivity contribution >= 4 is 5.97 Å². The molecule has 2 fully saturated rings. The number of hydrogen-bond donors (Lipinski definition) is 1. The lowest BCUT2D eigenvalue weighted by Crippen LogP contribution is -2.12. The van der Waals surface area contributed by atoms with E-state index in [9.17, 15) is 4.79 Å². The maximum Gasteiger partial charge on any atom is 0.328 e. The summed E-state index contributed by atoms with van der Waals surface area (Å²) < 4.78 is 11.6. The lowest BCUT2D eigenvalue weighted by molar-refractivity contribution is -0.131. The van der Waals surface area contributed by atoms with Crippen molar-refractivity contribution in [3.63, 3.8) is 0 Å². The van der Waals surface area contributed by atoms with Gasteiger partial charge in [-0.05, 0) is 68.6 Å². The van der Waals surface area contributed by atoms with E-state index in [0.717, 1.165) is 49.2 Å². The fraction of sp³-hybridized carbons (Fsp3) is 0.526. The van der Waals surface area contributed by atoms with E-state index in [1.54, 1.807) is 7.11 Å². The van der Waals surface area contributed by atoms with Crippen LogP contribution >= 0.6 is 0 Å². The Hall–Kier alpha value is -1.97. The highest BCUT2D eigenvalue weighted by atomic mass is 16.5. The van der Waals surface area contributed by atoms with Gasteiger partial charge in [-0.3, -0.25) is 0 Å². The van der Waals surface area contributed by atoms with Crippen molar-refractivity contribution in [1.82, 2.24) is 0 Å². The zero-order chi connectivity index (χ0) is 16.2. The average Bonchev–Trinajstić information content (AvgIpc) is 3.18. The predicted octanol–water partition coefficient (Wildman–Crippen LogP) is 4.30. The van der Waals surface area contributed by atoms with Gasteiger partial charge in [-0.15, -0.1) is 0 Å². The van der Waals surface area contributed by atoms with Crippen LogP contribution in [0.1, 0.15) is 56.4 Å². The lowest BCUT2D eigenvalue weighted by atomic mass is 9.97. The molecular weight excluding hydrogens is 292 g/mol. The third-order valence-corrected chi connectivity index (χ3v) is 4.91. The number of rotatable bonds is 5. The maximum absolute atomic E-state index is 10.8. The number of aliphatic carboxylic acids is 1. The number of ether oxygens (including phenoxy) is 2. The summed E-state index contributed by atoms with van der Waals surface area (Å²) >= 11 is 0. The van der Waals surface area contributed by atoms with Gasteiger partial charge in [0.2, 0.25) is 0 Å². The van der Waals surface area contributed by atoms with Gasteiger partial charge < -0.3 is 14.6 Å². The van der Waals surface area contributed by atoms with E-state index in [2.05, 4.69) is 12.1 Å².